The number of carbonyl (C=O) groups excluding carboxylic acids is 1. The molecule has 0 bridgehead atoms. The highest BCUT2D eigenvalue weighted by atomic mass is 79.9. The minimum Gasteiger partial charge on any atom is -0.494 e. The van der Waals surface area contributed by atoms with Gasteiger partial charge in [-0.05, 0) is 61.0 Å². The molecule has 4 aromatic rings. The van der Waals surface area contributed by atoms with Crippen molar-refractivity contribution in [3.63, 3.8) is 0 Å². The van der Waals surface area contributed by atoms with E-state index in [0.29, 0.717) is 17.9 Å². The van der Waals surface area contributed by atoms with E-state index in [1.165, 1.54) is 0 Å². The smallest absolute Gasteiger partial charge is 0.263 e. The largest absolute Gasteiger partial charge is 0.494 e. The van der Waals surface area contributed by atoms with Crippen LogP contribution in [0.4, 0.5) is 5.69 Å². The third kappa shape index (κ3) is 4.47. The maximum absolute atomic E-state index is 13.6. The van der Waals surface area contributed by atoms with Crippen LogP contribution in [0.2, 0.25) is 0 Å². The first-order valence-corrected chi connectivity index (χ1v) is 11.8. The van der Waals surface area contributed by atoms with Crippen LogP contribution in [0.15, 0.2) is 112 Å². The fourth-order valence-electron chi connectivity index (χ4n) is 3.93. The van der Waals surface area contributed by atoms with Crippen LogP contribution >= 0.6 is 15.9 Å². The van der Waals surface area contributed by atoms with Crippen LogP contribution in [0, 0.1) is 0 Å². The lowest BCUT2D eigenvalue weighted by Gasteiger charge is -2.21. The third-order valence-corrected chi connectivity index (χ3v) is 6.02. The molecule has 168 valence electrons. The summed E-state index contributed by atoms with van der Waals surface area (Å²) >= 11 is 3.45. The lowest BCUT2D eigenvalue weighted by atomic mass is 10.1. The molecule has 3 aromatic carbocycles. The second-order valence-corrected chi connectivity index (χ2v) is 8.69. The van der Waals surface area contributed by atoms with Crippen LogP contribution in [0.25, 0.3) is 23.1 Å². The maximum atomic E-state index is 13.6. The number of anilines is 1. The highest BCUT2D eigenvalue weighted by Gasteiger charge is 2.31. The summed E-state index contributed by atoms with van der Waals surface area (Å²) in [7, 11) is 0. The van der Waals surface area contributed by atoms with E-state index in [0.717, 1.165) is 38.5 Å². The Morgan fingerprint density at radius 1 is 0.912 bits per heavy atom. The van der Waals surface area contributed by atoms with Crippen molar-refractivity contribution in [3.05, 3.63) is 118 Å². The van der Waals surface area contributed by atoms with Gasteiger partial charge in [0.15, 0.2) is 0 Å². The molecule has 5 heteroatoms. The van der Waals surface area contributed by atoms with Gasteiger partial charge in [-0.15, -0.1) is 0 Å². The Balaban J connectivity index is 1.53. The Kier molecular flexibility index (Phi) is 6.19. The van der Waals surface area contributed by atoms with Crippen LogP contribution in [0.5, 0.6) is 5.75 Å². The van der Waals surface area contributed by atoms with E-state index in [1.807, 2.05) is 104 Å². The third-order valence-electron chi connectivity index (χ3n) is 5.49. The first kappa shape index (κ1) is 22.0. The molecule has 0 fully saturated rings. The summed E-state index contributed by atoms with van der Waals surface area (Å²) in [6.45, 7) is 2.50. The fraction of sp³-hybridized carbons (Fsp3) is 0.0690. The minimum absolute atomic E-state index is 0.117. The quantitative estimate of drug-likeness (QED) is 0.250. The Morgan fingerprint density at radius 2 is 1.71 bits per heavy atom. The standard InChI is InChI=1S/C29H22BrNO3/c1-2-33-25-10-6-9-24(19-25)31-27(20-7-4-3-5-8-20)18-22(29(31)32)17-26-15-16-28(34-26)21-11-13-23(30)14-12-21/h3-19H,2H2,1H3. The highest BCUT2D eigenvalue weighted by Crippen LogP contribution is 2.37. The van der Waals surface area contributed by atoms with Crippen molar-refractivity contribution in [3.8, 4) is 17.1 Å². The van der Waals surface area contributed by atoms with Crippen LogP contribution < -0.4 is 9.64 Å². The number of ether oxygens (including phenoxy) is 1. The van der Waals surface area contributed by atoms with E-state index in [1.54, 1.807) is 11.0 Å². The van der Waals surface area contributed by atoms with E-state index >= 15 is 0 Å². The number of furan rings is 1. The summed E-state index contributed by atoms with van der Waals surface area (Å²) in [4.78, 5) is 15.3. The molecule has 0 spiro atoms. The lowest BCUT2D eigenvalue weighted by Crippen LogP contribution is -2.24. The molecule has 0 saturated heterocycles. The molecule has 2 heterocycles. The van der Waals surface area contributed by atoms with Gasteiger partial charge in [-0.1, -0.05) is 64.5 Å². The van der Waals surface area contributed by atoms with Gasteiger partial charge < -0.3 is 9.15 Å². The van der Waals surface area contributed by atoms with Gasteiger partial charge in [-0.25, -0.2) is 0 Å². The number of benzene rings is 3. The molecule has 1 aromatic heterocycles. The highest BCUT2D eigenvalue weighted by molar-refractivity contribution is 9.10. The molecular formula is C29H22BrNO3. The van der Waals surface area contributed by atoms with Gasteiger partial charge in [0.1, 0.15) is 17.3 Å². The van der Waals surface area contributed by atoms with Crippen molar-refractivity contribution >= 4 is 39.3 Å². The van der Waals surface area contributed by atoms with E-state index < -0.39 is 0 Å². The van der Waals surface area contributed by atoms with Gasteiger partial charge in [0, 0.05) is 21.7 Å². The maximum Gasteiger partial charge on any atom is 0.263 e. The predicted molar refractivity (Wildman–Crippen MR) is 139 cm³/mol. The normalized spacial score (nSPS) is 14.5. The summed E-state index contributed by atoms with van der Waals surface area (Å²) in [5.41, 5.74) is 4.04. The van der Waals surface area contributed by atoms with Gasteiger partial charge in [-0.3, -0.25) is 9.69 Å². The summed E-state index contributed by atoms with van der Waals surface area (Å²) in [5.74, 6) is 1.98. The molecule has 4 nitrogen and oxygen atoms in total. The van der Waals surface area contributed by atoms with Crippen molar-refractivity contribution in [2.24, 2.45) is 0 Å². The molecule has 0 radical (unpaired) electrons. The van der Waals surface area contributed by atoms with Crippen LogP contribution in [0.3, 0.4) is 0 Å². The summed E-state index contributed by atoms with van der Waals surface area (Å²) in [6, 6.07) is 29.2. The Morgan fingerprint density at radius 3 is 2.47 bits per heavy atom. The zero-order valence-electron chi connectivity index (χ0n) is 18.6. The van der Waals surface area contributed by atoms with Crippen LogP contribution in [-0.4, -0.2) is 12.5 Å². The van der Waals surface area contributed by atoms with Crippen LogP contribution in [-0.2, 0) is 4.79 Å². The molecule has 0 aliphatic carbocycles. The van der Waals surface area contributed by atoms with E-state index in [9.17, 15) is 4.79 Å². The Hall–Kier alpha value is -3.83. The number of hydrogen-bond donors (Lipinski definition) is 0. The molecule has 0 unspecified atom stereocenters. The Bertz CT molecular complexity index is 1380. The van der Waals surface area contributed by atoms with Crippen molar-refractivity contribution in [2.45, 2.75) is 6.92 Å². The number of carbonyl (C=O) groups is 1. The molecule has 1 amide bonds. The number of nitrogens with zero attached hydrogens (tertiary/aromatic N) is 1. The zero-order valence-corrected chi connectivity index (χ0v) is 20.2. The first-order valence-electron chi connectivity index (χ1n) is 11.0. The van der Waals surface area contributed by atoms with Gasteiger partial charge in [0.05, 0.1) is 18.0 Å². The molecule has 1 aliphatic rings. The first-order chi connectivity index (χ1) is 16.6. The average Bonchev–Trinajstić information content (AvgIpc) is 3.45. The molecule has 0 N–H and O–H groups in total. The molecule has 1 aliphatic heterocycles. The average molecular weight is 512 g/mol. The second kappa shape index (κ2) is 9.57. The van der Waals surface area contributed by atoms with E-state index in [4.69, 9.17) is 9.15 Å². The molecule has 5 rings (SSSR count). The molecule has 0 atom stereocenters. The summed E-state index contributed by atoms with van der Waals surface area (Å²) < 4.78 is 12.7. The molecule has 0 saturated carbocycles. The predicted octanol–water partition coefficient (Wildman–Crippen LogP) is 7.58. The number of rotatable bonds is 6. The number of halogens is 1. The van der Waals surface area contributed by atoms with Crippen molar-refractivity contribution in [1.29, 1.82) is 0 Å². The molecule has 34 heavy (non-hydrogen) atoms. The Labute approximate surface area is 206 Å². The second-order valence-electron chi connectivity index (χ2n) is 7.78. The zero-order chi connectivity index (χ0) is 23.5. The number of amides is 1. The number of hydrogen-bond acceptors (Lipinski definition) is 3. The minimum atomic E-state index is -0.117. The fourth-order valence-corrected chi connectivity index (χ4v) is 4.19. The van der Waals surface area contributed by atoms with Crippen molar-refractivity contribution < 1.29 is 13.9 Å². The summed E-state index contributed by atoms with van der Waals surface area (Å²) in [5, 5.41) is 0. The van der Waals surface area contributed by atoms with Crippen LogP contribution in [0.1, 0.15) is 18.2 Å². The van der Waals surface area contributed by atoms with Gasteiger partial charge in [-0.2, -0.15) is 0 Å². The lowest BCUT2D eigenvalue weighted by molar-refractivity contribution is -0.113. The van der Waals surface area contributed by atoms with Gasteiger partial charge >= 0.3 is 0 Å². The van der Waals surface area contributed by atoms with E-state index in [2.05, 4.69) is 15.9 Å². The summed E-state index contributed by atoms with van der Waals surface area (Å²) in [6.07, 6.45) is 3.70. The van der Waals surface area contributed by atoms with Crippen molar-refractivity contribution in [1.82, 2.24) is 0 Å². The SMILES string of the molecule is CCOc1cccc(N2C(=O)C(=Cc3ccc(-c4ccc(Br)cc4)o3)C=C2c2ccccc2)c1. The molecular weight excluding hydrogens is 490 g/mol. The van der Waals surface area contributed by atoms with Crippen molar-refractivity contribution in [2.75, 3.05) is 11.5 Å². The monoisotopic (exact) mass is 511 g/mol. The van der Waals surface area contributed by atoms with Gasteiger partial charge in [0.2, 0.25) is 0 Å². The topological polar surface area (TPSA) is 42.7 Å². The van der Waals surface area contributed by atoms with E-state index in [-0.39, 0.29) is 5.91 Å². The van der Waals surface area contributed by atoms with Gasteiger partial charge in [0.25, 0.3) is 5.91 Å².